The summed E-state index contributed by atoms with van der Waals surface area (Å²) >= 11 is 0. The minimum Gasteiger partial charge on any atom is -0.442 e. The predicted molar refractivity (Wildman–Crippen MR) is 88.6 cm³/mol. The van der Waals surface area contributed by atoms with Gasteiger partial charge in [-0.25, -0.2) is 9.79 Å². The first kappa shape index (κ1) is 14.5. The number of aliphatic imine (C=N–C) groups is 2. The molecule has 1 fully saturated rings. The van der Waals surface area contributed by atoms with Gasteiger partial charge in [-0.1, -0.05) is 0 Å². The van der Waals surface area contributed by atoms with Gasteiger partial charge in [0.1, 0.15) is 12.6 Å². The van der Waals surface area contributed by atoms with Crippen molar-refractivity contribution in [3.63, 3.8) is 0 Å². The number of carbonyl (C=O) groups excluding carboxylic acids is 2. The number of anilines is 2. The number of amidine groups is 2. The lowest BCUT2D eigenvalue weighted by atomic mass is 10.1. The molecule has 0 spiro atoms. The minimum atomic E-state index is -0.457. The van der Waals surface area contributed by atoms with Gasteiger partial charge >= 0.3 is 6.09 Å². The van der Waals surface area contributed by atoms with E-state index < -0.39 is 6.09 Å². The predicted octanol–water partition coefficient (Wildman–Crippen LogP) is 0.0977. The van der Waals surface area contributed by atoms with Crippen LogP contribution in [-0.2, 0) is 9.53 Å². The molecular weight excluding hydrogens is 312 g/mol. The first-order valence-electron chi connectivity index (χ1n) is 7.56. The van der Waals surface area contributed by atoms with Gasteiger partial charge in [-0.15, -0.1) is 0 Å². The summed E-state index contributed by atoms with van der Waals surface area (Å²) in [5, 5.41) is 2.42. The number of nitrogen functional groups attached to an aromatic ring is 1. The number of ether oxygens (including phenoxy) is 1. The SMILES string of the molecule is CNC(=O)OC1CN(C2=Nc3ccc(N)cc3N3CC(=O)N=C23)C1. The maximum Gasteiger partial charge on any atom is 0.407 e. The summed E-state index contributed by atoms with van der Waals surface area (Å²) in [6.07, 6.45) is -0.660. The van der Waals surface area contributed by atoms with Gasteiger partial charge in [-0.05, 0) is 18.2 Å². The standard InChI is InChI=1S/C15H16N6O3/c1-17-15(23)24-9-5-20(6-9)13-14-19-12(22)7-21(14)11-4-8(16)2-3-10(11)18-13/h2-4,9H,5-7,16H2,1H3,(H,17,23). The molecule has 0 saturated carbocycles. The number of nitrogens with one attached hydrogen (secondary N) is 1. The number of benzene rings is 1. The van der Waals surface area contributed by atoms with Crippen molar-refractivity contribution in [2.75, 3.05) is 37.3 Å². The highest BCUT2D eigenvalue weighted by Crippen LogP contribution is 2.37. The van der Waals surface area contributed by atoms with E-state index in [-0.39, 0.29) is 18.6 Å². The van der Waals surface area contributed by atoms with Crippen LogP contribution in [-0.4, -0.2) is 61.4 Å². The van der Waals surface area contributed by atoms with E-state index in [4.69, 9.17) is 10.5 Å². The number of fused-ring (bicyclic) bond motifs is 3. The summed E-state index contributed by atoms with van der Waals surface area (Å²) in [6.45, 7) is 1.20. The average Bonchev–Trinajstić information content (AvgIpc) is 2.92. The molecule has 3 aliphatic rings. The topological polar surface area (TPSA) is 113 Å². The highest BCUT2D eigenvalue weighted by molar-refractivity contribution is 6.50. The van der Waals surface area contributed by atoms with E-state index in [0.717, 1.165) is 11.4 Å². The molecule has 24 heavy (non-hydrogen) atoms. The minimum absolute atomic E-state index is 0.177. The summed E-state index contributed by atoms with van der Waals surface area (Å²) in [7, 11) is 1.52. The molecule has 0 aromatic heterocycles. The van der Waals surface area contributed by atoms with Crippen molar-refractivity contribution < 1.29 is 14.3 Å². The first-order chi connectivity index (χ1) is 11.5. The number of amides is 2. The number of hydrogen-bond acceptors (Lipinski definition) is 7. The summed E-state index contributed by atoms with van der Waals surface area (Å²) in [6, 6.07) is 5.38. The Morgan fingerprint density at radius 1 is 1.33 bits per heavy atom. The Morgan fingerprint density at radius 2 is 2.12 bits per heavy atom. The van der Waals surface area contributed by atoms with Crippen molar-refractivity contribution in [3.05, 3.63) is 18.2 Å². The molecular formula is C15H16N6O3. The van der Waals surface area contributed by atoms with Crippen LogP contribution in [0.1, 0.15) is 0 Å². The number of likely N-dealkylation sites (tertiary alicyclic amines) is 1. The van der Waals surface area contributed by atoms with Crippen LogP contribution < -0.4 is 16.0 Å². The molecule has 0 unspecified atom stereocenters. The molecule has 0 atom stereocenters. The number of nitrogens with two attached hydrogens (primary N) is 1. The second kappa shape index (κ2) is 5.22. The van der Waals surface area contributed by atoms with E-state index in [1.165, 1.54) is 7.05 Å². The summed E-state index contributed by atoms with van der Waals surface area (Å²) in [4.78, 5) is 35.6. The fourth-order valence-corrected chi connectivity index (χ4v) is 2.92. The van der Waals surface area contributed by atoms with Crippen LogP contribution in [0.5, 0.6) is 0 Å². The third-order valence-electron chi connectivity index (χ3n) is 4.12. The van der Waals surface area contributed by atoms with Crippen LogP contribution in [0.2, 0.25) is 0 Å². The largest absolute Gasteiger partial charge is 0.442 e. The third kappa shape index (κ3) is 2.25. The van der Waals surface area contributed by atoms with Crippen LogP contribution in [0.25, 0.3) is 0 Å². The number of carbonyl (C=O) groups is 2. The van der Waals surface area contributed by atoms with Crippen molar-refractivity contribution in [2.24, 2.45) is 9.98 Å². The smallest absolute Gasteiger partial charge is 0.407 e. The molecule has 0 bridgehead atoms. The van der Waals surface area contributed by atoms with E-state index in [1.807, 2.05) is 15.9 Å². The van der Waals surface area contributed by atoms with Crippen LogP contribution in [0, 0.1) is 0 Å². The Kier molecular flexibility index (Phi) is 3.15. The Hall–Kier alpha value is -3.10. The Morgan fingerprint density at radius 3 is 2.88 bits per heavy atom. The van der Waals surface area contributed by atoms with Gasteiger partial charge < -0.3 is 25.6 Å². The molecule has 0 radical (unpaired) electrons. The number of rotatable bonds is 1. The van der Waals surface area contributed by atoms with Crippen LogP contribution in [0.4, 0.5) is 21.9 Å². The van der Waals surface area contributed by atoms with Gasteiger partial charge in [0, 0.05) is 12.7 Å². The zero-order valence-corrected chi connectivity index (χ0v) is 13.0. The second-order valence-electron chi connectivity index (χ2n) is 5.78. The molecule has 1 saturated heterocycles. The molecule has 3 N–H and O–H groups in total. The quantitative estimate of drug-likeness (QED) is 0.707. The zero-order chi connectivity index (χ0) is 16.8. The molecule has 2 amide bonds. The lowest BCUT2D eigenvalue weighted by Crippen LogP contribution is -2.59. The highest BCUT2D eigenvalue weighted by atomic mass is 16.6. The second-order valence-corrected chi connectivity index (χ2v) is 5.78. The Labute approximate surface area is 137 Å². The van der Waals surface area contributed by atoms with Gasteiger partial charge in [0.2, 0.25) is 0 Å². The van der Waals surface area contributed by atoms with Gasteiger partial charge in [0.25, 0.3) is 5.91 Å². The summed E-state index contributed by atoms with van der Waals surface area (Å²) in [5.74, 6) is 0.929. The van der Waals surface area contributed by atoms with Crippen molar-refractivity contribution >= 4 is 40.7 Å². The van der Waals surface area contributed by atoms with Crippen molar-refractivity contribution in [2.45, 2.75) is 6.10 Å². The van der Waals surface area contributed by atoms with Gasteiger partial charge in [-0.2, -0.15) is 4.99 Å². The molecule has 1 aromatic carbocycles. The molecule has 3 heterocycles. The fourth-order valence-electron chi connectivity index (χ4n) is 2.92. The van der Waals surface area contributed by atoms with Crippen LogP contribution in [0.3, 0.4) is 0 Å². The van der Waals surface area contributed by atoms with Crippen molar-refractivity contribution in [1.82, 2.24) is 10.2 Å². The van der Waals surface area contributed by atoms with E-state index >= 15 is 0 Å². The number of alkyl carbamates (subject to hydrolysis) is 1. The monoisotopic (exact) mass is 328 g/mol. The average molecular weight is 328 g/mol. The molecule has 0 aliphatic carbocycles. The molecule has 4 rings (SSSR count). The van der Waals surface area contributed by atoms with Crippen LogP contribution >= 0.6 is 0 Å². The maximum atomic E-state index is 11.8. The number of nitrogens with zero attached hydrogens (tertiary/aromatic N) is 4. The lowest BCUT2D eigenvalue weighted by molar-refractivity contribution is -0.115. The number of hydrogen-bond donors (Lipinski definition) is 2. The lowest BCUT2D eigenvalue weighted by Gasteiger charge is -2.42. The first-order valence-corrected chi connectivity index (χ1v) is 7.56. The zero-order valence-electron chi connectivity index (χ0n) is 13.0. The molecule has 3 aliphatic heterocycles. The highest BCUT2D eigenvalue weighted by Gasteiger charge is 2.40. The fraction of sp³-hybridized carbons (Fsp3) is 0.333. The van der Waals surface area contributed by atoms with Crippen molar-refractivity contribution in [1.29, 1.82) is 0 Å². The molecule has 1 aromatic rings. The molecule has 9 nitrogen and oxygen atoms in total. The Bertz CT molecular complexity index is 796. The normalized spacial score (nSPS) is 19.1. The summed E-state index contributed by atoms with van der Waals surface area (Å²) in [5.41, 5.74) is 7.97. The summed E-state index contributed by atoms with van der Waals surface area (Å²) < 4.78 is 5.19. The van der Waals surface area contributed by atoms with Gasteiger partial charge in [0.05, 0.1) is 24.5 Å². The molecule has 124 valence electrons. The van der Waals surface area contributed by atoms with E-state index in [2.05, 4.69) is 15.3 Å². The van der Waals surface area contributed by atoms with E-state index in [1.54, 1.807) is 12.1 Å². The Balaban J connectivity index is 1.61. The third-order valence-corrected chi connectivity index (χ3v) is 4.12. The van der Waals surface area contributed by atoms with Gasteiger partial charge in [0.15, 0.2) is 11.7 Å². The van der Waals surface area contributed by atoms with E-state index in [9.17, 15) is 9.59 Å². The van der Waals surface area contributed by atoms with E-state index in [0.29, 0.717) is 30.4 Å². The van der Waals surface area contributed by atoms with Crippen LogP contribution in [0.15, 0.2) is 28.2 Å². The molecule has 9 heteroatoms. The van der Waals surface area contributed by atoms with Crippen molar-refractivity contribution in [3.8, 4) is 0 Å². The maximum absolute atomic E-state index is 11.8. The van der Waals surface area contributed by atoms with Gasteiger partial charge in [-0.3, -0.25) is 4.79 Å².